The standard InChI is InChI=1S/C35H39F5N6O3/c36-24-10-9-21-16-22(47)17-23(26(21)31(24)49-35(38,39)40)29-28(37)30-27(25(43-29)8-3-7-20-6-1-2-13-42-18-20)32(41)45-33(44-30)48-19-34-11-4-14-46(34)15-5-12-34/h9-10,16-17,20,42,47H,1-8,11-15,18-19H2,(H2,41,44,45). The monoisotopic (exact) mass is 686 g/mol. The van der Waals surface area contributed by atoms with E-state index in [9.17, 15) is 22.7 Å². The number of rotatable bonds is 9. The smallest absolute Gasteiger partial charge is 0.508 e. The lowest BCUT2D eigenvalue weighted by molar-refractivity contribution is -0.275. The Morgan fingerprint density at radius 3 is 2.59 bits per heavy atom. The average Bonchev–Trinajstić information content (AvgIpc) is 3.53. The molecule has 4 aromatic rings. The number of anilines is 1. The first-order chi connectivity index (χ1) is 23.5. The van der Waals surface area contributed by atoms with Gasteiger partial charge in [0, 0.05) is 10.9 Å². The number of nitrogens with two attached hydrogens (primary N) is 1. The van der Waals surface area contributed by atoms with Crippen LogP contribution in [0.25, 0.3) is 32.9 Å². The van der Waals surface area contributed by atoms with Gasteiger partial charge in [0.05, 0.1) is 16.6 Å². The van der Waals surface area contributed by atoms with Crippen LogP contribution >= 0.6 is 0 Å². The van der Waals surface area contributed by atoms with Crippen molar-refractivity contribution in [2.45, 2.75) is 76.1 Å². The number of aromatic hydroxyl groups is 1. The number of nitrogen functional groups attached to an aromatic ring is 1. The van der Waals surface area contributed by atoms with Crippen LogP contribution in [0.4, 0.5) is 27.8 Å². The van der Waals surface area contributed by atoms with E-state index in [1.807, 2.05) is 0 Å². The van der Waals surface area contributed by atoms with Crippen LogP contribution in [0, 0.1) is 17.6 Å². The summed E-state index contributed by atoms with van der Waals surface area (Å²) in [5.74, 6) is -3.49. The third-order valence-corrected chi connectivity index (χ3v) is 10.3. The molecule has 0 saturated carbocycles. The minimum absolute atomic E-state index is 0.0116. The van der Waals surface area contributed by atoms with Gasteiger partial charge in [-0.3, -0.25) is 4.90 Å². The molecule has 0 bridgehead atoms. The van der Waals surface area contributed by atoms with Crippen LogP contribution in [0.3, 0.4) is 0 Å². The third-order valence-electron chi connectivity index (χ3n) is 10.3. The molecule has 3 fully saturated rings. The summed E-state index contributed by atoms with van der Waals surface area (Å²) in [7, 11) is 0. The second-order valence-corrected chi connectivity index (χ2v) is 13.5. The molecular formula is C35H39F5N6O3. The molecule has 4 N–H and O–H groups in total. The van der Waals surface area contributed by atoms with Crippen molar-refractivity contribution in [1.29, 1.82) is 0 Å². The van der Waals surface area contributed by atoms with Crippen molar-refractivity contribution in [2.24, 2.45) is 5.92 Å². The lowest BCUT2D eigenvalue weighted by atomic mass is 9.95. The summed E-state index contributed by atoms with van der Waals surface area (Å²) in [6.45, 7) is 4.12. The molecule has 49 heavy (non-hydrogen) atoms. The van der Waals surface area contributed by atoms with Crippen LogP contribution in [0.5, 0.6) is 17.5 Å². The summed E-state index contributed by atoms with van der Waals surface area (Å²) in [6, 6.07) is 4.02. The van der Waals surface area contributed by atoms with Crippen molar-refractivity contribution < 1.29 is 36.5 Å². The predicted octanol–water partition coefficient (Wildman–Crippen LogP) is 7.03. The number of pyridine rings is 1. The molecule has 3 saturated heterocycles. The zero-order valence-corrected chi connectivity index (χ0v) is 27.0. The maximum Gasteiger partial charge on any atom is 0.573 e. The minimum Gasteiger partial charge on any atom is -0.508 e. The number of phenolic OH excluding ortho intramolecular Hbond substituents is 1. The number of ether oxygens (including phenoxy) is 2. The van der Waals surface area contributed by atoms with Gasteiger partial charge in [0.15, 0.2) is 17.4 Å². The SMILES string of the molecule is Nc1nc(OCC23CCCN2CCC3)nc2c(F)c(-c3cc(O)cc4ccc(F)c(OC(F)(F)F)c34)nc(CCCC3CCCCNC3)c12. The average molecular weight is 687 g/mol. The summed E-state index contributed by atoms with van der Waals surface area (Å²) in [5, 5.41) is 13.8. The Morgan fingerprint density at radius 1 is 1.02 bits per heavy atom. The number of aromatic nitrogens is 3. The predicted molar refractivity (Wildman–Crippen MR) is 174 cm³/mol. The van der Waals surface area contributed by atoms with Gasteiger partial charge in [0.2, 0.25) is 0 Å². The highest BCUT2D eigenvalue weighted by molar-refractivity contribution is 6.03. The summed E-state index contributed by atoms with van der Waals surface area (Å²) in [5.41, 5.74) is 5.71. The van der Waals surface area contributed by atoms with Gasteiger partial charge in [0.25, 0.3) is 0 Å². The first-order valence-electron chi connectivity index (χ1n) is 17.0. The fraction of sp³-hybridized carbons (Fsp3) is 0.514. The normalized spacial score (nSPS) is 19.7. The molecule has 0 spiro atoms. The Bertz CT molecular complexity index is 1850. The second-order valence-electron chi connectivity index (χ2n) is 13.5. The van der Waals surface area contributed by atoms with Crippen LogP contribution in [-0.4, -0.2) is 69.6 Å². The molecule has 0 radical (unpaired) electrons. The van der Waals surface area contributed by atoms with E-state index >= 15 is 4.39 Å². The molecule has 262 valence electrons. The second kappa shape index (κ2) is 13.3. The van der Waals surface area contributed by atoms with Gasteiger partial charge >= 0.3 is 12.4 Å². The Labute approximate surface area is 280 Å². The van der Waals surface area contributed by atoms with Gasteiger partial charge in [-0.2, -0.15) is 9.97 Å². The van der Waals surface area contributed by atoms with Crippen molar-refractivity contribution >= 4 is 27.5 Å². The highest BCUT2D eigenvalue weighted by atomic mass is 19.4. The molecule has 5 heterocycles. The summed E-state index contributed by atoms with van der Waals surface area (Å²) < 4.78 is 82.6. The zero-order chi connectivity index (χ0) is 34.3. The maximum atomic E-state index is 16.8. The van der Waals surface area contributed by atoms with Crippen LogP contribution in [0.15, 0.2) is 24.3 Å². The number of alkyl halides is 3. The largest absolute Gasteiger partial charge is 0.573 e. The van der Waals surface area contributed by atoms with E-state index in [-0.39, 0.29) is 45.0 Å². The van der Waals surface area contributed by atoms with Crippen molar-refractivity contribution in [1.82, 2.24) is 25.2 Å². The van der Waals surface area contributed by atoms with E-state index in [0.29, 0.717) is 31.1 Å². The van der Waals surface area contributed by atoms with E-state index in [4.69, 9.17) is 10.5 Å². The fourth-order valence-electron chi connectivity index (χ4n) is 8.03. The zero-order valence-electron chi connectivity index (χ0n) is 27.0. The molecule has 3 aliphatic heterocycles. The maximum absolute atomic E-state index is 16.8. The number of hydrogen-bond donors (Lipinski definition) is 3. The topological polar surface area (TPSA) is 119 Å². The Balaban J connectivity index is 1.35. The van der Waals surface area contributed by atoms with E-state index in [1.165, 1.54) is 6.07 Å². The van der Waals surface area contributed by atoms with E-state index in [2.05, 4.69) is 29.9 Å². The number of nitrogens with one attached hydrogen (secondary N) is 1. The van der Waals surface area contributed by atoms with Gasteiger partial charge in [-0.1, -0.05) is 12.5 Å². The van der Waals surface area contributed by atoms with Crippen molar-refractivity contribution in [3.8, 4) is 28.8 Å². The van der Waals surface area contributed by atoms with Gasteiger partial charge < -0.3 is 25.6 Å². The van der Waals surface area contributed by atoms with E-state index in [0.717, 1.165) is 95.7 Å². The summed E-state index contributed by atoms with van der Waals surface area (Å²) in [4.78, 5) is 15.9. The Hall–Kier alpha value is -4.04. The fourth-order valence-corrected chi connectivity index (χ4v) is 8.03. The molecule has 1 unspecified atom stereocenters. The van der Waals surface area contributed by atoms with Gasteiger partial charge in [-0.05, 0) is 113 Å². The van der Waals surface area contributed by atoms with Gasteiger partial charge in [0.1, 0.15) is 29.4 Å². The van der Waals surface area contributed by atoms with Crippen LogP contribution < -0.4 is 20.5 Å². The van der Waals surface area contributed by atoms with Crippen LogP contribution in [0.2, 0.25) is 0 Å². The molecule has 3 aliphatic rings. The molecule has 7 rings (SSSR count). The van der Waals surface area contributed by atoms with Crippen molar-refractivity contribution in [3.63, 3.8) is 0 Å². The molecule has 0 aliphatic carbocycles. The van der Waals surface area contributed by atoms with E-state index in [1.54, 1.807) is 0 Å². The summed E-state index contributed by atoms with van der Waals surface area (Å²) in [6.07, 6.45) is 3.92. The van der Waals surface area contributed by atoms with Gasteiger partial charge in [-0.25, -0.2) is 13.8 Å². The lowest BCUT2D eigenvalue weighted by Crippen LogP contribution is -2.43. The van der Waals surface area contributed by atoms with Crippen LogP contribution in [-0.2, 0) is 6.42 Å². The Morgan fingerprint density at radius 2 is 1.82 bits per heavy atom. The molecule has 2 aromatic carbocycles. The quantitative estimate of drug-likeness (QED) is 0.160. The molecule has 14 heteroatoms. The number of aryl methyl sites for hydroxylation is 1. The number of phenols is 1. The molecule has 9 nitrogen and oxygen atoms in total. The number of fused-ring (bicyclic) bond motifs is 3. The molecule has 2 aromatic heterocycles. The van der Waals surface area contributed by atoms with E-state index < -0.39 is 34.8 Å². The molecule has 1 atom stereocenters. The Kier molecular flexibility index (Phi) is 9.11. The first kappa shape index (κ1) is 33.5. The number of halogens is 5. The molecule has 0 amide bonds. The minimum atomic E-state index is -5.25. The number of benzene rings is 2. The summed E-state index contributed by atoms with van der Waals surface area (Å²) >= 11 is 0. The lowest BCUT2D eigenvalue weighted by Gasteiger charge is -2.31. The highest BCUT2D eigenvalue weighted by Gasteiger charge is 2.45. The van der Waals surface area contributed by atoms with Crippen molar-refractivity contribution in [3.05, 3.63) is 41.6 Å². The van der Waals surface area contributed by atoms with Crippen molar-refractivity contribution in [2.75, 3.05) is 38.5 Å². The molecular weight excluding hydrogens is 647 g/mol. The van der Waals surface area contributed by atoms with Gasteiger partial charge in [-0.15, -0.1) is 13.2 Å². The van der Waals surface area contributed by atoms with Crippen LogP contribution in [0.1, 0.15) is 63.5 Å². The first-order valence-corrected chi connectivity index (χ1v) is 17.0. The third kappa shape index (κ3) is 6.77. The number of hydrogen-bond acceptors (Lipinski definition) is 9. The highest BCUT2D eigenvalue weighted by Crippen LogP contribution is 2.44. The number of nitrogens with zero attached hydrogens (tertiary/aromatic N) is 4.